The Labute approximate surface area is 98.2 Å². The molecule has 0 amide bonds. The molecule has 0 aromatic heterocycles. The zero-order valence-electron chi connectivity index (χ0n) is 9.06. The van der Waals surface area contributed by atoms with Crippen LogP contribution in [0, 0.1) is 0 Å². The maximum Gasteiger partial charge on any atom is 0.155 e. The van der Waals surface area contributed by atoms with Gasteiger partial charge >= 0.3 is 0 Å². The maximum atomic E-state index is 3.70. The van der Waals surface area contributed by atoms with Crippen LogP contribution in [0.1, 0.15) is 0 Å². The molecule has 2 aromatic rings. The number of benzene rings is 2. The monoisotopic (exact) mass is 221 g/mol. The first kappa shape index (κ1) is 10.7. The first-order chi connectivity index (χ1) is 7.92. The summed E-state index contributed by atoms with van der Waals surface area (Å²) < 4.78 is 0. The van der Waals surface area contributed by atoms with Gasteiger partial charge in [-0.1, -0.05) is 77.6 Å². The summed E-state index contributed by atoms with van der Waals surface area (Å²) in [6.07, 6.45) is 0. The first-order valence-electron chi connectivity index (χ1n) is 5.25. The Bertz CT molecular complexity index is 442. The summed E-state index contributed by atoms with van der Waals surface area (Å²) in [5.74, 6) is 0. The van der Waals surface area contributed by atoms with E-state index in [0.717, 1.165) is 0 Å². The van der Waals surface area contributed by atoms with Gasteiger partial charge in [-0.3, -0.25) is 0 Å². The molecule has 0 saturated carbocycles. The SMILES string of the molecule is C=C=C[Si](c1ccccc1)c1ccccc1. The van der Waals surface area contributed by atoms with Crippen LogP contribution in [0.4, 0.5) is 0 Å². The second-order valence-electron chi connectivity index (χ2n) is 3.49. The van der Waals surface area contributed by atoms with Crippen LogP contribution in [0.3, 0.4) is 0 Å². The molecule has 2 aromatic carbocycles. The van der Waals surface area contributed by atoms with Gasteiger partial charge in [0.15, 0.2) is 8.80 Å². The zero-order chi connectivity index (χ0) is 11.2. The lowest BCUT2D eigenvalue weighted by Gasteiger charge is -2.10. The van der Waals surface area contributed by atoms with Gasteiger partial charge in [-0.15, -0.1) is 5.73 Å². The molecule has 0 atom stereocenters. The molecule has 0 aliphatic heterocycles. The van der Waals surface area contributed by atoms with Crippen molar-refractivity contribution >= 4 is 19.2 Å². The molecule has 0 spiro atoms. The maximum absolute atomic E-state index is 3.70. The third-order valence-corrected chi connectivity index (χ3v) is 4.82. The van der Waals surface area contributed by atoms with E-state index in [2.05, 4.69) is 66.5 Å². The Morgan fingerprint density at radius 1 is 0.812 bits per heavy atom. The molecule has 2 rings (SSSR count). The highest BCUT2D eigenvalue weighted by molar-refractivity contribution is 6.89. The number of rotatable bonds is 3. The Morgan fingerprint density at radius 2 is 1.25 bits per heavy atom. The molecular weight excluding hydrogens is 208 g/mol. The number of hydrogen-bond acceptors (Lipinski definition) is 0. The molecule has 1 radical (unpaired) electrons. The Hall–Kier alpha value is -1.82. The van der Waals surface area contributed by atoms with Gasteiger partial charge in [-0.2, -0.15) is 0 Å². The van der Waals surface area contributed by atoms with Crippen molar-refractivity contribution in [3.05, 3.63) is 78.7 Å². The zero-order valence-corrected chi connectivity index (χ0v) is 10.1. The third-order valence-electron chi connectivity index (χ3n) is 2.42. The van der Waals surface area contributed by atoms with Crippen molar-refractivity contribution in [3.8, 4) is 0 Å². The normalized spacial score (nSPS) is 9.81. The van der Waals surface area contributed by atoms with Crippen LogP contribution in [0.25, 0.3) is 0 Å². The van der Waals surface area contributed by atoms with E-state index in [9.17, 15) is 0 Å². The van der Waals surface area contributed by atoms with Crippen LogP contribution in [-0.2, 0) is 0 Å². The first-order valence-corrected chi connectivity index (χ1v) is 6.83. The van der Waals surface area contributed by atoms with Crippen LogP contribution in [0.2, 0.25) is 0 Å². The van der Waals surface area contributed by atoms with Gasteiger partial charge in [-0.25, -0.2) is 0 Å². The van der Waals surface area contributed by atoms with Crippen LogP contribution in [0.5, 0.6) is 0 Å². The minimum atomic E-state index is -0.849. The van der Waals surface area contributed by atoms with Gasteiger partial charge in [0.1, 0.15) is 0 Å². The second-order valence-corrected chi connectivity index (χ2v) is 5.76. The molecule has 0 nitrogen and oxygen atoms in total. The predicted molar refractivity (Wildman–Crippen MR) is 71.6 cm³/mol. The van der Waals surface area contributed by atoms with Crippen LogP contribution < -0.4 is 10.4 Å². The fraction of sp³-hybridized carbons (Fsp3) is 0. The largest absolute Gasteiger partial charge is 0.155 e. The lowest BCUT2D eigenvalue weighted by atomic mass is 10.4. The van der Waals surface area contributed by atoms with Crippen molar-refractivity contribution < 1.29 is 0 Å². The lowest BCUT2D eigenvalue weighted by molar-refractivity contribution is 1.73. The van der Waals surface area contributed by atoms with Crippen LogP contribution in [-0.4, -0.2) is 8.80 Å². The summed E-state index contributed by atoms with van der Waals surface area (Å²) >= 11 is 0. The number of hydrogen-bond donors (Lipinski definition) is 0. The van der Waals surface area contributed by atoms with Crippen molar-refractivity contribution in [1.82, 2.24) is 0 Å². The van der Waals surface area contributed by atoms with E-state index in [1.807, 2.05) is 12.1 Å². The molecule has 0 saturated heterocycles. The fourth-order valence-electron chi connectivity index (χ4n) is 1.67. The molecule has 16 heavy (non-hydrogen) atoms. The molecular formula is C15H13Si. The van der Waals surface area contributed by atoms with Crippen molar-refractivity contribution in [3.63, 3.8) is 0 Å². The lowest BCUT2D eigenvalue weighted by Crippen LogP contribution is -2.40. The summed E-state index contributed by atoms with van der Waals surface area (Å²) in [6, 6.07) is 21.1. The van der Waals surface area contributed by atoms with Crippen LogP contribution in [0.15, 0.2) is 78.7 Å². The molecule has 0 N–H and O–H groups in total. The van der Waals surface area contributed by atoms with E-state index in [0.29, 0.717) is 0 Å². The summed E-state index contributed by atoms with van der Waals surface area (Å²) in [5.41, 5.74) is 5.04. The average molecular weight is 221 g/mol. The average Bonchev–Trinajstić information content (AvgIpc) is 2.38. The van der Waals surface area contributed by atoms with Gasteiger partial charge in [0, 0.05) is 0 Å². The van der Waals surface area contributed by atoms with Gasteiger partial charge < -0.3 is 0 Å². The third kappa shape index (κ3) is 2.40. The Balaban J connectivity index is 2.43. The van der Waals surface area contributed by atoms with Crippen molar-refractivity contribution in [1.29, 1.82) is 0 Å². The molecule has 0 fully saturated rings. The van der Waals surface area contributed by atoms with E-state index in [-0.39, 0.29) is 0 Å². The molecule has 0 unspecified atom stereocenters. The van der Waals surface area contributed by atoms with E-state index in [1.165, 1.54) is 10.4 Å². The Morgan fingerprint density at radius 3 is 1.62 bits per heavy atom. The highest BCUT2D eigenvalue weighted by Crippen LogP contribution is 1.93. The smallest absolute Gasteiger partial charge is 0.137 e. The Kier molecular flexibility index (Phi) is 3.55. The molecule has 0 heterocycles. The van der Waals surface area contributed by atoms with E-state index in [4.69, 9.17) is 0 Å². The van der Waals surface area contributed by atoms with E-state index < -0.39 is 8.80 Å². The van der Waals surface area contributed by atoms with Crippen molar-refractivity contribution in [2.45, 2.75) is 0 Å². The van der Waals surface area contributed by atoms with Crippen molar-refractivity contribution in [2.75, 3.05) is 0 Å². The summed E-state index contributed by atoms with van der Waals surface area (Å²) in [4.78, 5) is 0. The van der Waals surface area contributed by atoms with Gasteiger partial charge in [0.05, 0.1) is 0 Å². The van der Waals surface area contributed by atoms with Gasteiger partial charge in [-0.05, 0) is 5.70 Å². The molecule has 77 valence electrons. The minimum absolute atomic E-state index is 0.849. The predicted octanol–water partition coefficient (Wildman–Crippen LogP) is 2.18. The van der Waals surface area contributed by atoms with Gasteiger partial charge in [0.25, 0.3) is 0 Å². The van der Waals surface area contributed by atoms with E-state index in [1.54, 1.807) is 0 Å². The second kappa shape index (κ2) is 5.31. The van der Waals surface area contributed by atoms with Crippen LogP contribution >= 0.6 is 0 Å². The molecule has 1 heteroatoms. The van der Waals surface area contributed by atoms with Crippen molar-refractivity contribution in [2.24, 2.45) is 0 Å². The molecule has 0 bridgehead atoms. The molecule has 0 aliphatic rings. The van der Waals surface area contributed by atoms with E-state index >= 15 is 0 Å². The highest BCUT2D eigenvalue weighted by atomic mass is 28.3. The highest BCUT2D eigenvalue weighted by Gasteiger charge is 2.12. The summed E-state index contributed by atoms with van der Waals surface area (Å²) in [5, 5.41) is 2.74. The summed E-state index contributed by atoms with van der Waals surface area (Å²) in [7, 11) is -0.849. The van der Waals surface area contributed by atoms with Gasteiger partial charge in [0.2, 0.25) is 0 Å². The summed E-state index contributed by atoms with van der Waals surface area (Å²) in [6.45, 7) is 3.70. The quantitative estimate of drug-likeness (QED) is 0.550. The fourth-order valence-corrected chi connectivity index (χ4v) is 3.64. The molecule has 0 aliphatic carbocycles. The standard InChI is InChI=1S/C15H13Si/c1-2-13-16(14-9-5-3-6-10-14)15-11-7-4-8-12-15/h3-13H,1H2. The topological polar surface area (TPSA) is 0 Å². The minimum Gasteiger partial charge on any atom is -0.137 e.